The Morgan fingerprint density at radius 2 is 2.11 bits per heavy atom. The Bertz CT molecular complexity index is 960. The Balaban J connectivity index is 1.60. The first kappa shape index (κ1) is 17.7. The molecule has 0 atom stereocenters. The number of anilines is 1. The molecular weight excluding hydrogens is 382 g/mol. The van der Waals surface area contributed by atoms with Crippen LogP contribution in [0.3, 0.4) is 0 Å². The normalized spacial score (nSPS) is 17.7. The first-order valence-corrected chi connectivity index (χ1v) is 9.54. The highest BCUT2D eigenvalue weighted by atomic mass is 32.2. The number of thioether (sulfide) groups is 1. The Morgan fingerprint density at radius 3 is 2.85 bits per heavy atom. The van der Waals surface area contributed by atoms with Crippen LogP contribution in [0.1, 0.15) is 11.1 Å². The molecule has 0 aliphatic carbocycles. The van der Waals surface area contributed by atoms with Crippen LogP contribution in [0.15, 0.2) is 47.5 Å². The van der Waals surface area contributed by atoms with Crippen LogP contribution in [0.2, 0.25) is 0 Å². The zero-order chi connectivity index (χ0) is 18.8. The van der Waals surface area contributed by atoms with Crippen molar-refractivity contribution in [2.24, 2.45) is 0 Å². The molecule has 1 aromatic heterocycles. The molecule has 0 spiro atoms. The Kier molecular flexibility index (Phi) is 4.91. The number of hydrogen-bond donors (Lipinski definition) is 1. The van der Waals surface area contributed by atoms with Gasteiger partial charge in [0.2, 0.25) is 5.88 Å². The molecule has 8 heteroatoms. The Hall–Kier alpha value is -2.71. The van der Waals surface area contributed by atoms with Crippen molar-refractivity contribution in [1.29, 1.82) is 0 Å². The van der Waals surface area contributed by atoms with Gasteiger partial charge < -0.3 is 15.0 Å². The van der Waals surface area contributed by atoms with Gasteiger partial charge in [0.05, 0.1) is 4.91 Å². The molecule has 2 amide bonds. The fourth-order valence-electron chi connectivity index (χ4n) is 2.89. The van der Waals surface area contributed by atoms with Gasteiger partial charge in [0, 0.05) is 12.7 Å². The largest absolute Gasteiger partial charge is 0.466 e. The molecule has 1 saturated heterocycles. The molecule has 0 bridgehead atoms. The molecule has 1 N–H and O–H groups in total. The molecule has 0 unspecified atom stereocenters. The number of nitrogens with zero attached hydrogens (tertiary/aromatic N) is 2. The lowest BCUT2D eigenvalue weighted by Crippen LogP contribution is -2.40. The first-order valence-electron chi connectivity index (χ1n) is 8.32. The van der Waals surface area contributed by atoms with Gasteiger partial charge in [-0.2, -0.15) is 0 Å². The summed E-state index contributed by atoms with van der Waals surface area (Å²) in [6.45, 7) is 0.502. The molecule has 4 rings (SSSR count). The van der Waals surface area contributed by atoms with Gasteiger partial charge in [-0.1, -0.05) is 54.3 Å². The summed E-state index contributed by atoms with van der Waals surface area (Å²) in [6.07, 6.45) is 4.05. The zero-order valence-corrected chi connectivity index (χ0v) is 15.8. The molecule has 0 saturated carbocycles. The lowest BCUT2D eigenvalue weighted by Gasteiger charge is -2.28. The van der Waals surface area contributed by atoms with E-state index >= 15 is 0 Å². The molecular formula is C19H15N3O3S2. The summed E-state index contributed by atoms with van der Waals surface area (Å²) in [4.78, 5) is 30.8. The average Bonchev–Trinajstić information content (AvgIpc) is 2.98. The second kappa shape index (κ2) is 7.50. The van der Waals surface area contributed by atoms with Crippen LogP contribution < -0.4 is 15.0 Å². The van der Waals surface area contributed by atoms with E-state index in [1.54, 1.807) is 17.2 Å². The summed E-state index contributed by atoms with van der Waals surface area (Å²) < 4.78 is 5.88. The molecule has 3 heterocycles. The van der Waals surface area contributed by atoms with Crippen LogP contribution in [0.4, 0.5) is 5.69 Å². The van der Waals surface area contributed by atoms with Gasteiger partial charge in [-0.25, -0.2) is 4.98 Å². The monoisotopic (exact) mass is 397 g/mol. The highest BCUT2D eigenvalue weighted by Gasteiger charge is 2.27. The summed E-state index contributed by atoms with van der Waals surface area (Å²) in [5.41, 5.74) is 2.47. The van der Waals surface area contributed by atoms with E-state index in [0.29, 0.717) is 32.9 Å². The molecule has 1 aromatic carbocycles. The maximum Gasteiger partial charge on any atom is 0.265 e. The van der Waals surface area contributed by atoms with E-state index in [-0.39, 0.29) is 18.4 Å². The van der Waals surface area contributed by atoms with Gasteiger partial charge in [0.25, 0.3) is 11.8 Å². The fourth-order valence-corrected chi connectivity index (χ4v) is 3.93. The molecule has 2 aliphatic heterocycles. The van der Waals surface area contributed by atoms with Crippen molar-refractivity contribution in [3.63, 3.8) is 0 Å². The number of aromatic nitrogens is 1. The van der Waals surface area contributed by atoms with E-state index in [4.69, 9.17) is 17.0 Å². The second-order valence-electron chi connectivity index (χ2n) is 6.01. The maximum atomic E-state index is 12.4. The molecule has 27 heavy (non-hydrogen) atoms. The minimum absolute atomic E-state index is 0.0260. The van der Waals surface area contributed by atoms with E-state index in [1.165, 1.54) is 11.8 Å². The minimum atomic E-state index is -0.226. The smallest absolute Gasteiger partial charge is 0.265 e. The van der Waals surface area contributed by atoms with E-state index < -0.39 is 0 Å². The summed E-state index contributed by atoms with van der Waals surface area (Å²) in [5, 5.41) is 2.58. The predicted molar refractivity (Wildman–Crippen MR) is 109 cm³/mol. The summed E-state index contributed by atoms with van der Waals surface area (Å²) >= 11 is 6.21. The van der Waals surface area contributed by atoms with Gasteiger partial charge in [-0.15, -0.1) is 0 Å². The van der Waals surface area contributed by atoms with Gasteiger partial charge in [0.1, 0.15) is 10.0 Å². The molecule has 1 fully saturated rings. The number of ether oxygens (including phenoxy) is 1. The predicted octanol–water partition coefficient (Wildman–Crippen LogP) is 2.54. The van der Waals surface area contributed by atoms with Crippen molar-refractivity contribution in [2.75, 3.05) is 18.1 Å². The quantitative estimate of drug-likeness (QED) is 0.632. The third-order valence-corrected chi connectivity index (χ3v) is 5.35. The van der Waals surface area contributed by atoms with E-state index in [9.17, 15) is 9.59 Å². The zero-order valence-electron chi connectivity index (χ0n) is 14.2. The number of hydrogen-bond acceptors (Lipinski definition) is 6. The third-order valence-electron chi connectivity index (χ3n) is 4.18. The van der Waals surface area contributed by atoms with Gasteiger partial charge in [-0.3, -0.25) is 9.59 Å². The topological polar surface area (TPSA) is 71.5 Å². The third kappa shape index (κ3) is 3.86. The van der Waals surface area contributed by atoms with Crippen LogP contribution in [0.5, 0.6) is 5.88 Å². The van der Waals surface area contributed by atoms with Crippen molar-refractivity contribution < 1.29 is 14.3 Å². The number of pyridine rings is 1. The lowest BCUT2D eigenvalue weighted by atomic mass is 10.1. The minimum Gasteiger partial charge on any atom is -0.466 e. The summed E-state index contributed by atoms with van der Waals surface area (Å²) in [5.74, 6) is 0.0824. The average molecular weight is 397 g/mol. The van der Waals surface area contributed by atoms with Crippen molar-refractivity contribution in [3.05, 3.63) is 58.6 Å². The van der Waals surface area contributed by atoms with E-state index in [2.05, 4.69) is 10.3 Å². The summed E-state index contributed by atoms with van der Waals surface area (Å²) in [7, 11) is 0. The van der Waals surface area contributed by atoms with Crippen molar-refractivity contribution in [1.82, 2.24) is 10.3 Å². The number of fused-ring (bicyclic) bond motifs is 1. The van der Waals surface area contributed by atoms with Gasteiger partial charge in [0.15, 0.2) is 6.61 Å². The Labute approximate surface area is 165 Å². The molecule has 6 nitrogen and oxygen atoms in total. The summed E-state index contributed by atoms with van der Waals surface area (Å²) in [6, 6.07) is 11.8. The molecule has 2 aromatic rings. The number of rotatable bonds is 4. The number of carbonyl (C=O) groups is 2. The number of amides is 2. The highest BCUT2D eigenvalue weighted by molar-refractivity contribution is 8.26. The molecule has 2 aliphatic rings. The molecule has 136 valence electrons. The number of nitrogens with one attached hydrogen (secondary N) is 1. The highest BCUT2D eigenvalue weighted by Crippen LogP contribution is 2.33. The van der Waals surface area contributed by atoms with Crippen LogP contribution in [0, 0.1) is 0 Å². The van der Waals surface area contributed by atoms with Crippen LogP contribution in [-0.4, -0.2) is 34.3 Å². The van der Waals surface area contributed by atoms with Crippen LogP contribution in [0.25, 0.3) is 6.08 Å². The van der Waals surface area contributed by atoms with Crippen LogP contribution in [-0.2, 0) is 16.0 Å². The van der Waals surface area contributed by atoms with E-state index in [0.717, 1.165) is 12.0 Å². The number of carbonyl (C=O) groups excluding carboxylic acids is 2. The first-order chi connectivity index (χ1) is 13.1. The molecule has 0 radical (unpaired) electrons. The number of benzene rings is 1. The second-order valence-corrected chi connectivity index (χ2v) is 7.73. The van der Waals surface area contributed by atoms with Gasteiger partial charge in [-0.05, 0) is 29.7 Å². The SMILES string of the molecule is O=C1NC(=S)S/C1=C\c1cnc2c(c1)N(CCc1ccccc1)C(=O)CO2. The van der Waals surface area contributed by atoms with Crippen LogP contribution >= 0.6 is 24.0 Å². The fraction of sp³-hybridized carbons (Fsp3) is 0.158. The van der Waals surface area contributed by atoms with E-state index in [1.807, 2.05) is 36.4 Å². The van der Waals surface area contributed by atoms with Crippen molar-refractivity contribution in [3.8, 4) is 5.88 Å². The Morgan fingerprint density at radius 1 is 1.30 bits per heavy atom. The van der Waals surface area contributed by atoms with Crippen molar-refractivity contribution >= 4 is 51.9 Å². The van der Waals surface area contributed by atoms with Gasteiger partial charge >= 0.3 is 0 Å². The lowest BCUT2D eigenvalue weighted by molar-refractivity contribution is -0.121. The van der Waals surface area contributed by atoms with Crippen molar-refractivity contribution in [2.45, 2.75) is 6.42 Å². The maximum absolute atomic E-state index is 12.4. The number of thiocarbonyl (C=S) groups is 1. The standard InChI is InChI=1S/C19H15N3O3S2/c23-16-11-25-18-14(22(16)7-6-12-4-2-1-3-5-12)8-13(10-20-18)9-15-17(24)21-19(26)27-15/h1-5,8-10H,6-7,11H2,(H,21,24,26)/b15-9-.